The van der Waals surface area contributed by atoms with Crippen LogP contribution in [-0.2, 0) is 16.1 Å². The van der Waals surface area contributed by atoms with E-state index < -0.39 is 12.1 Å². The maximum atomic E-state index is 12.2. The van der Waals surface area contributed by atoms with Crippen LogP contribution < -0.4 is 0 Å². The summed E-state index contributed by atoms with van der Waals surface area (Å²) in [6.07, 6.45) is 5.80. The number of carbonyl (C=O) groups excluding carboxylic acids is 1. The van der Waals surface area contributed by atoms with Crippen molar-refractivity contribution in [1.29, 1.82) is 0 Å². The highest BCUT2D eigenvalue weighted by Crippen LogP contribution is 2.19. The van der Waals surface area contributed by atoms with Crippen LogP contribution in [0.3, 0.4) is 0 Å². The average molecular weight is 319 g/mol. The fourth-order valence-corrected chi connectivity index (χ4v) is 2.28. The monoisotopic (exact) mass is 319 g/mol. The van der Waals surface area contributed by atoms with Crippen LogP contribution in [0.1, 0.15) is 17.2 Å². The molecule has 120 valence electrons. The zero-order chi connectivity index (χ0) is 16.6. The van der Waals surface area contributed by atoms with Gasteiger partial charge >= 0.3 is 5.97 Å². The topological polar surface area (TPSA) is 57.0 Å². The molecule has 0 saturated heterocycles. The Kier molecular flexibility index (Phi) is 5.14. The van der Waals surface area contributed by atoms with Gasteiger partial charge in [-0.2, -0.15) is 5.10 Å². The Hall–Kier alpha value is -3.21. The molecule has 3 rings (SSSR count). The van der Waals surface area contributed by atoms with Gasteiger partial charge in [0, 0.05) is 6.08 Å². The summed E-state index contributed by atoms with van der Waals surface area (Å²) in [4.78, 5) is 16.1. The van der Waals surface area contributed by atoms with E-state index in [2.05, 4.69) is 10.1 Å². The Morgan fingerprint density at radius 3 is 2.46 bits per heavy atom. The quantitative estimate of drug-likeness (QED) is 0.517. The van der Waals surface area contributed by atoms with Crippen molar-refractivity contribution in [3.05, 3.63) is 90.5 Å². The SMILES string of the molecule is O=C(C=Cc1ccccc1)OC(Cn1cncn1)c1ccccc1. The maximum absolute atomic E-state index is 12.2. The second kappa shape index (κ2) is 7.87. The van der Waals surface area contributed by atoms with E-state index in [-0.39, 0.29) is 0 Å². The van der Waals surface area contributed by atoms with Gasteiger partial charge in [0.1, 0.15) is 18.8 Å². The first kappa shape index (κ1) is 15.7. The minimum absolute atomic E-state index is 0.396. The van der Waals surface area contributed by atoms with Crippen molar-refractivity contribution in [1.82, 2.24) is 14.8 Å². The minimum Gasteiger partial charge on any atom is -0.452 e. The number of aromatic nitrogens is 3. The molecule has 1 unspecified atom stereocenters. The number of nitrogens with zero attached hydrogens (tertiary/aromatic N) is 3. The Morgan fingerprint density at radius 2 is 1.79 bits per heavy atom. The summed E-state index contributed by atoms with van der Waals surface area (Å²) in [5, 5.41) is 4.08. The highest BCUT2D eigenvalue weighted by Gasteiger charge is 2.16. The van der Waals surface area contributed by atoms with Crippen LogP contribution in [0.25, 0.3) is 6.08 Å². The minimum atomic E-state index is -0.430. The number of benzene rings is 2. The molecule has 5 nitrogen and oxygen atoms in total. The van der Waals surface area contributed by atoms with Gasteiger partial charge in [-0.25, -0.2) is 14.5 Å². The maximum Gasteiger partial charge on any atom is 0.331 e. The van der Waals surface area contributed by atoms with E-state index in [1.807, 2.05) is 60.7 Å². The molecule has 0 aliphatic carbocycles. The average Bonchev–Trinajstić information content (AvgIpc) is 3.14. The molecular weight excluding hydrogens is 302 g/mol. The lowest BCUT2D eigenvalue weighted by Gasteiger charge is -2.17. The van der Waals surface area contributed by atoms with Gasteiger partial charge in [-0.15, -0.1) is 0 Å². The molecule has 0 radical (unpaired) electrons. The summed E-state index contributed by atoms with van der Waals surface area (Å²) < 4.78 is 7.26. The van der Waals surface area contributed by atoms with E-state index in [4.69, 9.17) is 4.74 Å². The molecule has 0 bridgehead atoms. The fraction of sp³-hybridized carbons (Fsp3) is 0.105. The number of ether oxygens (including phenoxy) is 1. The number of rotatable bonds is 6. The fourth-order valence-electron chi connectivity index (χ4n) is 2.28. The number of hydrogen-bond acceptors (Lipinski definition) is 4. The summed E-state index contributed by atoms with van der Waals surface area (Å²) in [6, 6.07) is 19.2. The lowest BCUT2D eigenvalue weighted by atomic mass is 10.1. The van der Waals surface area contributed by atoms with E-state index in [9.17, 15) is 4.79 Å². The highest BCUT2D eigenvalue weighted by molar-refractivity contribution is 5.87. The molecule has 3 aromatic rings. The molecule has 0 aliphatic rings. The van der Waals surface area contributed by atoms with Crippen molar-refractivity contribution in [3.8, 4) is 0 Å². The molecule has 0 spiro atoms. The van der Waals surface area contributed by atoms with Crippen LogP contribution in [0.4, 0.5) is 0 Å². The van der Waals surface area contributed by atoms with Crippen LogP contribution in [0.15, 0.2) is 79.4 Å². The van der Waals surface area contributed by atoms with E-state index in [0.717, 1.165) is 11.1 Å². The highest BCUT2D eigenvalue weighted by atomic mass is 16.5. The van der Waals surface area contributed by atoms with Crippen LogP contribution in [0.5, 0.6) is 0 Å². The van der Waals surface area contributed by atoms with Crippen LogP contribution >= 0.6 is 0 Å². The Morgan fingerprint density at radius 1 is 1.08 bits per heavy atom. The molecular formula is C19H17N3O2. The Balaban J connectivity index is 1.71. The first-order valence-electron chi connectivity index (χ1n) is 7.62. The third kappa shape index (κ3) is 4.39. The largest absolute Gasteiger partial charge is 0.452 e. The van der Waals surface area contributed by atoms with Gasteiger partial charge in [0.25, 0.3) is 0 Å². The number of hydrogen-bond donors (Lipinski definition) is 0. The summed E-state index contributed by atoms with van der Waals surface area (Å²) >= 11 is 0. The number of carbonyl (C=O) groups is 1. The Labute approximate surface area is 140 Å². The standard InChI is InChI=1S/C19H17N3O2/c23-19(12-11-16-7-3-1-4-8-16)24-18(13-22-15-20-14-21-22)17-9-5-2-6-10-17/h1-12,14-15,18H,13H2. The van der Waals surface area contributed by atoms with Gasteiger partial charge in [0.05, 0.1) is 6.54 Å². The summed E-state index contributed by atoms with van der Waals surface area (Å²) in [6.45, 7) is 0.412. The molecule has 5 heteroatoms. The third-order valence-corrected chi connectivity index (χ3v) is 3.46. The molecule has 0 fully saturated rings. The second-order valence-corrected chi connectivity index (χ2v) is 5.20. The second-order valence-electron chi connectivity index (χ2n) is 5.20. The van der Waals surface area contributed by atoms with Crippen molar-refractivity contribution in [2.24, 2.45) is 0 Å². The normalized spacial score (nSPS) is 12.2. The third-order valence-electron chi connectivity index (χ3n) is 3.46. The Bertz CT molecular complexity index is 784. The molecule has 1 aromatic heterocycles. The zero-order valence-corrected chi connectivity index (χ0v) is 13.0. The van der Waals surface area contributed by atoms with Gasteiger partial charge in [0.2, 0.25) is 0 Å². The van der Waals surface area contributed by atoms with Crippen molar-refractivity contribution in [2.75, 3.05) is 0 Å². The predicted molar refractivity (Wildman–Crippen MR) is 90.8 cm³/mol. The predicted octanol–water partition coefficient (Wildman–Crippen LogP) is 3.28. The molecule has 0 aliphatic heterocycles. The zero-order valence-electron chi connectivity index (χ0n) is 13.0. The van der Waals surface area contributed by atoms with Crippen molar-refractivity contribution < 1.29 is 9.53 Å². The first-order chi connectivity index (χ1) is 11.8. The van der Waals surface area contributed by atoms with Gasteiger partial charge in [-0.3, -0.25) is 0 Å². The van der Waals surface area contributed by atoms with Crippen LogP contribution in [-0.4, -0.2) is 20.7 Å². The number of esters is 1. The van der Waals surface area contributed by atoms with E-state index in [1.54, 1.807) is 17.1 Å². The van der Waals surface area contributed by atoms with Crippen molar-refractivity contribution in [3.63, 3.8) is 0 Å². The molecule has 1 atom stereocenters. The molecule has 0 N–H and O–H groups in total. The van der Waals surface area contributed by atoms with Gasteiger partial charge in [-0.05, 0) is 17.2 Å². The molecule has 2 aromatic carbocycles. The van der Waals surface area contributed by atoms with E-state index in [1.165, 1.54) is 12.4 Å². The summed E-state index contributed by atoms with van der Waals surface area (Å²) in [5.74, 6) is -0.396. The lowest BCUT2D eigenvalue weighted by Crippen LogP contribution is -2.16. The van der Waals surface area contributed by atoms with Crippen molar-refractivity contribution >= 4 is 12.0 Å². The van der Waals surface area contributed by atoms with E-state index in [0.29, 0.717) is 6.54 Å². The van der Waals surface area contributed by atoms with Gasteiger partial charge in [0.15, 0.2) is 0 Å². The smallest absolute Gasteiger partial charge is 0.331 e. The first-order valence-corrected chi connectivity index (χ1v) is 7.62. The summed E-state index contributed by atoms with van der Waals surface area (Å²) in [5.41, 5.74) is 1.86. The van der Waals surface area contributed by atoms with Crippen LogP contribution in [0, 0.1) is 0 Å². The molecule has 0 saturated carbocycles. The van der Waals surface area contributed by atoms with Crippen LogP contribution in [0.2, 0.25) is 0 Å². The summed E-state index contributed by atoms with van der Waals surface area (Å²) in [7, 11) is 0. The lowest BCUT2D eigenvalue weighted by molar-refractivity contribution is -0.144. The van der Waals surface area contributed by atoms with Gasteiger partial charge < -0.3 is 4.74 Å². The van der Waals surface area contributed by atoms with Gasteiger partial charge in [-0.1, -0.05) is 60.7 Å². The molecule has 0 amide bonds. The van der Waals surface area contributed by atoms with Crippen molar-refractivity contribution in [2.45, 2.75) is 12.6 Å². The molecule has 1 heterocycles. The van der Waals surface area contributed by atoms with E-state index >= 15 is 0 Å². The molecule has 24 heavy (non-hydrogen) atoms.